The molecular formula is C56H80N10O12. The average molecular weight is 1090 g/mol. The Balaban J connectivity index is 2.17. The number of hydrogen-bond acceptors (Lipinski definition) is 11. The van der Waals surface area contributed by atoms with Gasteiger partial charge in [0.1, 0.15) is 35.9 Å². The van der Waals surface area contributed by atoms with Gasteiger partial charge in [0.25, 0.3) is 5.91 Å². The summed E-state index contributed by atoms with van der Waals surface area (Å²) in [5, 5.41) is 36.3. The number of carboxylic acid groups (broad SMARTS) is 2. The molecule has 22 nitrogen and oxygen atoms in total. The lowest BCUT2D eigenvalue weighted by Gasteiger charge is -2.29. The lowest BCUT2D eigenvalue weighted by Crippen LogP contribution is -2.59. The van der Waals surface area contributed by atoms with E-state index in [0.717, 1.165) is 16.0 Å². The highest BCUT2D eigenvalue weighted by molar-refractivity contribution is 6.00. The second kappa shape index (κ2) is 32.0. The van der Waals surface area contributed by atoms with Gasteiger partial charge in [-0.1, -0.05) is 126 Å². The number of aliphatic carboxylic acids is 2. The van der Waals surface area contributed by atoms with Crippen LogP contribution in [-0.2, 0) is 60.7 Å². The first-order valence-corrected chi connectivity index (χ1v) is 26.1. The molecular weight excluding hydrogens is 1000 g/mol. The summed E-state index contributed by atoms with van der Waals surface area (Å²) in [4.78, 5) is 129. The molecule has 0 bridgehead atoms. The number of ether oxygens (including phenoxy) is 1. The lowest BCUT2D eigenvalue weighted by molar-refractivity contribution is -0.146. The number of nitrogens with zero attached hydrogens (tertiary/aromatic N) is 2. The van der Waals surface area contributed by atoms with Crippen LogP contribution in [-0.4, -0.2) is 137 Å². The van der Waals surface area contributed by atoms with Gasteiger partial charge in [-0.15, -0.1) is 0 Å². The second-order valence-electron chi connectivity index (χ2n) is 20.1. The summed E-state index contributed by atoms with van der Waals surface area (Å²) in [6, 6.07) is 9.82. The topological polar surface area (TPSA) is 343 Å². The van der Waals surface area contributed by atoms with Crippen LogP contribution in [0.3, 0.4) is 0 Å². The zero-order valence-electron chi connectivity index (χ0n) is 46.0. The van der Waals surface area contributed by atoms with E-state index in [-0.39, 0.29) is 62.5 Å². The molecule has 1 fully saturated rings. The Morgan fingerprint density at radius 1 is 0.769 bits per heavy atom. The molecule has 10 atom stereocenters. The molecule has 0 spiro atoms. The van der Waals surface area contributed by atoms with E-state index >= 15 is 0 Å². The summed E-state index contributed by atoms with van der Waals surface area (Å²) in [6.45, 7) is 13.8. The number of carboxylic acids is 2. The molecule has 426 valence electrons. The van der Waals surface area contributed by atoms with E-state index in [4.69, 9.17) is 16.2 Å². The van der Waals surface area contributed by atoms with Crippen LogP contribution in [0.4, 0.5) is 0 Å². The fourth-order valence-electron chi connectivity index (χ4n) is 8.55. The minimum atomic E-state index is -1.92. The number of allylic oxidation sites excluding steroid dienone is 2. The average Bonchev–Trinajstić information content (AvgIpc) is 3.39. The van der Waals surface area contributed by atoms with Crippen molar-refractivity contribution in [2.45, 2.75) is 135 Å². The second-order valence-corrected chi connectivity index (χ2v) is 20.1. The number of hydrogen-bond donors (Lipinski definition) is 10. The van der Waals surface area contributed by atoms with Gasteiger partial charge in [-0.2, -0.15) is 0 Å². The maximum atomic E-state index is 14.5. The molecule has 1 saturated heterocycles. The summed E-state index contributed by atoms with van der Waals surface area (Å²) in [6.07, 6.45) is 4.82. The van der Waals surface area contributed by atoms with E-state index in [0.29, 0.717) is 12.0 Å². The predicted octanol–water partition coefficient (Wildman–Crippen LogP) is 2.23. The zero-order chi connectivity index (χ0) is 58.2. The molecule has 0 saturated carbocycles. The monoisotopic (exact) mass is 1080 g/mol. The number of guanidine groups is 1. The molecule has 12 N–H and O–H groups in total. The summed E-state index contributed by atoms with van der Waals surface area (Å²) in [5.74, 6) is -12.6. The number of amides is 7. The van der Waals surface area contributed by atoms with Gasteiger partial charge in [0, 0.05) is 33.0 Å². The fraction of sp³-hybridized carbons (Fsp3) is 0.500. The molecule has 0 radical (unpaired) electrons. The molecule has 1 aliphatic heterocycles. The first kappa shape index (κ1) is 64.4. The summed E-state index contributed by atoms with van der Waals surface area (Å²) < 4.78 is 5.84. The fourth-order valence-corrected chi connectivity index (χ4v) is 8.55. The maximum Gasteiger partial charge on any atom is 0.327 e. The number of carbonyl (C=O) groups excluding carboxylic acids is 7. The van der Waals surface area contributed by atoms with Crippen LogP contribution >= 0.6 is 0 Å². The van der Waals surface area contributed by atoms with E-state index in [1.54, 1.807) is 64.3 Å². The Morgan fingerprint density at radius 3 is 1.91 bits per heavy atom. The minimum Gasteiger partial charge on any atom is -0.480 e. The van der Waals surface area contributed by atoms with Crippen LogP contribution in [0.1, 0.15) is 91.2 Å². The Kier molecular flexibility index (Phi) is 26.4. The molecule has 22 heteroatoms. The molecule has 1 heterocycles. The molecule has 7 amide bonds. The molecule has 0 aliphatic carbocycles. The number of aliphatic imine (C=N–C) groups is 1. The van der Waals surface area contributed by atoms with Gasteiger partial charge in [-0.3, -0.25) is 38.6 Å². The molecule has 2 aromatic rings. The highest BCUT2D eigenvalue weighted by Crippen LogP contribution is 2.19. The van der Waals surface area contributed by atoms with Gasteiger partial charge < -0.3 is 63.2 Å². The van der Waals surface area contributed by atoms with Crippen LogP contribution < -0.4 is 43.4 Å². The number of rotatable bonds is 18. The van der Waals surface area contributed by atoms with E-state index in [9.17, 15) is 53.4 Å². The third-order valence-corrected chi connectivity index (χ3v) is 13.4. The van der Waals surface area contributed by atoms with Crippen LogP contribution in [0.5, 0.6) is 0 Å². The van der Waals surface area contributed by atoms with Gasteiger partial charge in [-0.05, 0) is 68.9 Å². The smallest absolute Gasteiger partial charge is 0.327 e. The highest BCUT2D eigenvalue weighted by Gasteiger charge is 2.38. The summed E-state index contributed by atoms with van der Waals surface area (Å²) >= 11 is 0. The normalized spacial score (nSPS) is 24.1. The van der Waals surface area contributed by atoms with E-state index in [1.807, 2.05) is 43.3 Å². The van der Waals surface area contributed by atoms with Crippen molar-refractivity contribution in [1.82, 2.24) is 36.8 Å². The van der Waals surface area contributed by atoms with Crippen molar-refractivity contribution in [3.63, 3.8) is 0 Å². The van der Waals surface area contributed by atoms with Crippen LogP contribution in [0.2, 0.25) is 0 Å². The van der Waals surface area contributed by atoms with Crippen molar-refractivity contribution in [3.8, 4) is 0 Å². The van der Waals surface area contributed by atoms with Gasteiger partial charge in [0.15, 0.2) is 5.96 Å². The number of nitrogens with two attached hydrogens (primary N) is 2. The highest BCUT2D eigenvalue weighted by atomic mass is 16.5. The largest absolute Gasteiger partial charge is 0.480 e. The van der Waals surface area contributed by atoms with Crippen LogP contribution in [0.15, 0.2) is 102 Å². The Bertz CT molecular complexity index is 2500. The SMILES string of the molecule is C=C1C(=O)NC(CC(C)C)C(=O)N[C@@H](CCc2ccccc2)C(=O)N[C@@H](C(=O)O)[C@H](C)C(=O)N[C@@H](CCCN=C(N)N)C(=O)NC(/C=C/C(C)=C/[C@H](C)[C@H](Cc2ccccc2)OC)[C@H](C)C(=O)NC(C(=O)O)CCC(=O)N1C. The first-order chi connectivity index (χ1) is 36.8. The quantitative estimate of drug-likeness (QED) is 0.0337. The minimum absolute atomic E-state index is 0.0170. The van der Waals surface area contributed by atoms with Crippen LogP contribution in [0, 0.1) is 23.7 Å². The van der Waals surface area contributed by atoms with Crippen molar-refractivity contribution < 1.29 is 58.1 Å². The standard InChI is InChI=1S/C56H80N10O12/c1-32(2)29-44-53(73)62-42(25-23-38-17-12-10-13-18-38)52(72)65-47(55(76)77)36(6)49(69)61-41(21-16-28-59-56(57)58)51(71)60-40(24-22-33(3)30-34(4)45(78-9)31-39-19-14-11-15-20-39)35(5)48(68)63-43(54(74)75)26-27-46(67)66(8)37(7)50(70)64-44/h10-15,17-20,22,24,30,32,34-36,40-45,47H,7,16,21,23,25-29,31H2,1-6,8-9H3,(H,60,71)(H,61,69)(H,62,73)(H,63,68)(H,64,70)(H,65,72)(H,74,75)(H,76,77)(H4,57,58,59)/b24-22+,33-30+/t34-,35-,36-,40?,41-,42-,43?,44?,45-,47+/m0/s1. The van der Waals surface area contributed by atoms with E-state index in [1.165, 1.54) is 27.0 Å². The van der Waals surface area contributed by atoms with Crippen molar-refractivity contribution in [1.29, 1.82) is 0 Å². The molecule has 78 heavy (non-hydrogen) atoms. The zero-order valence-corrected chi connectivity index (χ0v) is 46.0. The van der Waals surface area contributed by atoms with Crippen LogP contribution in [0.25, 0.3) is 0 Å². The number of nitrogens with one attached hydrogen (secondary N) is 6. The number of benzene rings is 2. The van der Waals surface area contributed by atoms with Gasteiger partial charge in [0.2, 0.25) is 35.4 Å². The van der Waals surface area contributed by atoms with Gasteiger partial charge >= 0.3 is 11.9 Å². The first-order valence-electron chi connectivity index (χ1n) is 26.1. The maximum absolute atomic E-state index is 14.5. The Morgan fingerprint density at radius 2 is 1.33 bits per heavy atom. The number of likely N-dealkylation sites (N-methyl/N-ethyl adjacent to an activating group) is 1. The molecule has 3 unspecified atom stereocenters. The Labute approximate surface area is 456 Å². The molecule has 2 aromatic carbocycles. The van der Waals surface area contributed by atoms with Crippen molar-refractivity contribution in [2.24, 2.45) is 40.1 Å². The van der Waals surface area contributed by atoms with Crippen molar-refractivity contribution >= 4 is 59.2 Å². The van der Waals surface area contributed by atoms with Crippen molar-refractivity contribution in [2.75, 3.05) is 20.7 Å². The molecule has 0 aromatic heterocycles. The Hall–Kier alpha value is -7.88. The van der Waals surface area contributed by atoms with Crippen molar-refractivity contribution in [3.05, 3.63) is 108 Å². The van der Waals surface area contributed by atoms with Gasteiger partial charge in [0.05, 0.1) is 24.0 Å². The van der Waals surface area contributed by atoms with Gasteiger partial charge in [-0.25, -0.2) is 9.59 Å². The lowest BCUT2D eigenvalue weighted by atomic mass is 9.94. The third-order valence-electron chi connectivity index (χ3n) is 13.4. The molecule has 1 aliphatic rings. The molecule has 3 rings (SSSR count). The third kappa shape index (κ3) is 21.3. The summed E-state index contributed by atoms with van der Waals surface area (Å²) in [5.41, 5.74) is 13.2. The summed E-state index contributed by atoms with van der Waals surface area (Å²) in [7, 11) is 2.85. The number of methoxy groups -OCH3 is 1. The number of carbonyl (C=O) groups is 9. The van der Waals surface area contributed by atoms with E-state index in [2.05, 4.69) is 43.5 Å². The predicted molar refractivity (Wildman–Crippen MR) is 293 cm³/mol. The number of aryl methyl sites for hydroxylation is 1. The van der Waals surface area contributed by atoms with E-state index < -0.39 is 120 Å².